The van der Waals surface area contributed by atoms with Gasteiger partial charge in [-0.2, -0.15) is 5.26 Å². The molecule has 2 aromatic rings. The van der Waals surface area contributed by atoms with Gasteiger partial charge in [0.25, 0.3) is 0 Å². The summed E-state index contributed by atoms with van der Waals surface area (Å²) in [6.45, 7) is 13.3. The van der Waals surface area contributed by atoms with Crippen LogP contribution in [0.25, 0.3) is 0 Å². The number of hydrogen-bond donors (Lipinski definition) is 0. The lowest BCUT2D eigenvalue weighted by Gasteiger charge is -2.39. The number of nitrogens with zero attached hydrogens (tertiary/aromatic N) is 1. The fourth-order valence-corrected chi connectivity index (χ4v) is 3.62. The fourth-order valence-electron chi connectivity index (χ4n) is 2.40. The molecule has 0 bridgehead atoms. The molecule has 2 aromatic carbocycles. The molecule has 0 radical (unpaired) electrons. The standard InChI is InChI=1S/C21H27NOSi/c1-16-14-18(12-13-19(16)15-22)20(17-10-8-7-9-11-17)23-24(5,6)21(2,3)4/h7-14,20H,1-6H3. The smallest absolute Gasteiger partial charge is 0.193 e. The molecule has 0 fully saturated rings. The summed E-state index contributed by atoms with van der Waals surface area (Å²) >= 11 is 0. The van der Waals surface area contributed by atoms with Crippen molar-refractivity contribution in [3.05, 3.63) is 70.8 Å². The van der Waals surface area contributed by atoms with Crippen LogP contribution in [0, 0.1) is 18.3 Å². The van der Waals surface area contributed by atoms with Crippen molar-refractivity contribution < 1.29 is 4.43 Å². The Labute approximate surface area is 147 Å². The van der Waals surface area contributed by atoms with Gasteiger partial charge in [-0.25, -0.2) is 0 Å². The van der Waals surface area contributed by atoms with Crippen LogP contribution in [-0.4, -0.2) is 8.32 Å². The zero-order chi connectivity index (χ0) is 18.0. The van der Waals surface area contributed by atoms with E-state index in [1.54, 1.807) is 0 Å². The second-order valence-corrected chi connectivity index (χ2v) is 12.6. The van der Waals surface area contributed by atoms with Gasteiger partial charge in [0.15, 0.2) is 8.32 Å². The third-order valence-corrected chi connectivity index (χ3v) is 9.43. The van der Waals surface area contributed by atoms with Gasteiger partial charge in [-0.15, -0.1) is 0 Å². The summed E-state index contributed by atoms with van der Waals surface area (Å²) < 4.78 is 6.76. The topological polar surface area (TPSA) is 33.0 Å². The van der Waals surface area contributed by atoms with Crippen molar-refractivity contribution in [2.75, 3.05) is 0 Å². The summed E-state index contributed by atoms with van der Waals surface area (Å²) in [4.78, 5) is 0. The second kappa shape index (κ2) is 6.92. The molecule has 24 heavy (non-hydrogen) atoms. The van der Waals surface area contributed by atoms with E-state index in [1.165, 1.54) is 0 Å². The summed E-state index contributed by atoms with van der Waals surface area (Å²) in [6.07, 6.45) is -0.0986. The van der Waals surface area contributed by atoms with Crippen molar-refractivity contribution in [2.45, 2.75) is 51.9 Å². The molecule has 1 unspecified atom stereocenters. The molecular formula is C21H27NOSi. The van der Waals surface area contributed by atoms with Gasteiger partial charge in [0.1, 0.15) is 0 Å². The van der Waals surface area contributed by atoms with Crippen LogP contribution in [0.4, 0.5) is 0 Å². The first-order valence-corrected chi connectivity index (χ1v) is 11.3. The van der Waals surface area contributed by atoms with E-state index in [9.17, 15) is 5.26 Å². The maximum atomic E-state index is 9.18. The molecule has 0 saturated heterocycles. The summed E-state index contributed by atoms with van der Waals surface area (Å²) in [5.74, 6) is 0. The van der Waals surface area contributed by atoms with E-state index in [-0.39, 0.29) is 11.1 Å². The Morgan fingerprint density at radius 1 is 1.00 bits per heavy atom. The predicted octanol–water partition coefficient (Wildman–Crippen LogP) is 5.98. The van der Waals surface area contributed by atoms with Crippen LogP contribution in [-0.2, 0) is 4.43 Å². The third-order valence-electron chi connectivity index (χ3n) is 4.99. The predicted molar refractivity (Wildman–Crippen MR) is 102 cm³/mol. The minimum absolute atomic E-state index is 0.0986. The molecule has 2 nitrogen and oxygen atoms in total. The maximum absolute atomic E-state index is 9.18. The zero-order valence-electron chi connectivity index (χ0n) is 15.6. The lowest BCUT2D eigenvalue weighted by molar-refractivity contribution is 0.222. The summed E-state index contributed by atoms with van der Waals surface area (Å²) in [7, 11) is -1.94. The van der Waals surface area contributed by atoms with Gasteiger partial charge >= 0.3 is 0 Å². The molecular weight excluding hydrogens is 310 g/mol. The molecule has 2 rings (SSSR count). The summed E-state index contributed by atoms with van der Waals surface area (Å²) in [5.41, 5.74) is 3.99. The Hall–Kier alpha value is -1.89. The monoisotopic (exact) mass is 337 g/mol. The van der Waals surface area contributed by atoms with Crippen molar-refractivity contribution in [2.24, 2.45) is 0 Å². The minimum Gasteiger partial charge on any atom is -0.406 e. The van der Waals surface area contributed by atoms with Gasteiger partial charge in [0.05, 0.1) is 17.7 Å². The average molecular weight is 338 g/mol. The molecule has 0 N–H and O–H groups in total. The SMILES string of the molecule is Cc1cc(C(O[Si](C)(C)C(C)(C)C)c2ccccc2)ccc1C#N. The number of benzene rings is 2. The van der Waals surface area contributed by atoms with Crippen LogP contribution < -0.4 is 0 Å². The lowest BCUT2D eigenvalue weighted by Crippen LogP contribution is -2.42. The molecule has 0 aromatic heterocycles. The van der Waals surface area contributed by atoms with E-state index in [2.05, 4.69) is 58.1 Å². The number of nitriles is 1. The van der Waals surface area contributed by atoms with E-state index >= 15 is 0 Å². The van der Waals surface area contributed by atoms with Crippen molar-refractivity contribution in [3.63, 3.8) is 0 Å². The van der Waals surface area contributed by atoms with Crippen LogP contribution in [0.3, 0.4) is 0 Å². The molecule has 0 heterocycles. The molecule has 1 atom stereocenters. The molecule has 3 heteroatoms. The van der Waals surface area contributed by atoms with Crippen LogP contribution in [0.5, 0.6) is 0 Å². The van der Waals surface area contributed by atoms with Crippen LogP contribution in [0.2, 0.25) is 18.1 Å². The van der Waals surface area contributed by atoms with Crippen molar-refractivity contribution in [3.8, 4) is 6.07 Å². The molecule has 0 amide bonds. The molecule has 126 valence electrons. The summed E-state index contributed by atoms with van der Waals surface area (Å²) in [6, 6.07) is 18.6. The van der Waals surface area contributed by atoms with Crippen molar-refractivity contribution >= 4 is 8.32 Å². The van der Waals surface area contributed by atoms with E-state index in [0.29, 0.717) is 0 Å². The van der Waals surface area contributed by atoms with E-state index < -0.39 is 8.32 Å². The highest BCUT2D eigenvalue weighted by atomic mass is 28.4. The van der Waals surface area contributed by atoms with Gasteiger partial charge in [-0.05, 0) is 47.8 Å². The molecule has 0 saturated carbocycles. The highest BCUT2D eigenvalue weighted by Gasteiger charge is 2.39. The Kier molecular flexibility index (Phi) is 5.32. The number of rotatable bonds is 4. The van der Waals surface area contributed by atoms with E-state index in [1.807, 2.05) is 37.3 Å². The highest BCUT2D eigenvalue weighted by Crippen LogP contribution is 2.41. The van der Waals surface area contributed by atoms with Crippen molar-refractivity contribution in [1.82, 2.24) is 0 Å². The highest BCUT2D eigenvalue weighted by molar-refractivity contribution is 6.74. The van der Waals surface area contributed by atoms with Crippen LogP contribution in [0.1, 0.15) is 49.1 Å². The number of aryl methyl sites for hydroxylation is 1. The normalized spacial score (nSPS) is 13.4. The average Bonchev–Trinajstić information content (AvgIpc) is 2.52. The first kappa shape index (κ1) is 18.4. The molecule has 0 spiro atoms. The van der Waals surface area contributed by atoms with Crippen LogP contribution >= 0.6 is 0 Å². The minimum atomic E-state index is -1.94. The zero-order valence-corrected chi connectivity index (χ0v) is 16.6. The first-order valence-electron chi connectivity index (χ1n) is 8.39. The van der Waals surface area contributed by atoms with Gasteiger partial charge in [-0.3, -0.25) is 0 Å². The Morgan fingerprint density at radius 3 is 2.12 bits per heavy atom. The van der Waals surface area contributed by atoms with Crippen LogP contribution in [0.15, 0.2) is 48.5 Å². The molecule has 0 aliphatic carbocycles. The van der Waals surface area contributed by atoms with Gasteiger partial charge in [-0.1, -0.05) is 63.2 Å². The van der Waals surface area contributed by atoms with Gasteiger partial charge in [0.2, 0.25) is 0 Å². The maximum Gasteiger partial charge on any atom is 0.193 e. The number of hydrogen-bond acceptors (Lipinski definition) is 2. The van der Waals surface area contributed by atoms with Gasteiger partial charge < -0.3 is 4.43 Å². The van der Waals surface area contributed by atoms with Crippen molar-refractivity contribution in [1.29, 1.82) is 5.26 Å². The quantitative estimate of drug-likeness (QED) is 0.643. The first-order chi connectivity index (χ1) is 11.2. The Morgan fingerprint density at radius 2 is 1.62 bits per heavy atom. The molecule has 0 aliphatic heterocycles. The Bertz CT molecular complexity index is 739. The second-order valence-electron chi connectivity index (χ2n) is 7.86. The summed E-state index contributed by atoms with van der Waals surface area (Å²) in [5, 5.41) is 9.32. The lowest BCUT2D eigenvalue weighted by atomic mass is 9.98. The van der Waals surface area contributed by atoms with E-state index in [4.69, 9.17) is 4.43 Å². The fraction of sp³-hybridized carbons (Fsp3) is 0.381. The van der Waals surface area contributed by atoms with E-state index in [0.717, 1.165) is 22.3 Å². The largest absolute Gasteiger partial charge is 0.406 e. The molecule has 0 aliphatic rings. The van der Waals surface area contributed by atoms with Gasteiger partial charge in [0, 0.05) is 0 Å². The Balaban J connectivity index is 2.49. The third kappa shape index (κ3) is 3.95.